The molecule has 0 aromatic heterocycles. The Hall–Kier alpha value is -1.55. The Kier molecular flexibility index (Phi) is 4.12. The number of carbonyl (C=O) groups is 1. The van der Waals surface area contributed by atoms with Crippen LogP contribution in [0, 0.1) is 11.3 Å². The second-order valence-electron chi connectivity index (χ2n) is 3.05. The van der Waals surface area contributed by atoms with Gasteiger partial charge in [0.2, 0.25) is 5.91 Å². The van der Waals surface area contributed by atoms with E-state index in [9.17, 15) is 18.0 Å². The number of benzene rings is 1. The van der Waals surface area contributed by atoms with Gasteiger partial charge < -0.3 is 5.32 Å². The fourth-order valence-corrected chi connectivity index (χ4v) is 1.29. The monoisotopic (exact) mass is 306 g/mol. The number of hydrogen-bond acceptors (Lipinski definition) is 2. The lowest BCUT2D eigenvalue weighted by molar-refractivity contribution is -0.137. The van der Waals surface area contributed by atoms with Crippen LogP contribution in [0.15, 0.2) is 18.2 Å². The summed E-state index contributed by atoms with van der Waals surface area (Å²) >= 11 is 2.87. The second-order valence-corrected chi connectivity index (χ2v) is 3.61. The number of alkyl halides is 4. The minimum atomic E-state index is -4.62. The molecule has 90 valence electrons. The number of nitriles is 1. The smallest absolute Gasteiger partial charge is 0.325 e. The molecule has 1 aromatic rings. The Morgan fingerprint density at radius 3 is 2.59 bits per heavy atom. The molecule has 1 N–H and O–H groups in total. The summed E-state index contributed by atoms with van der Waals surface area (Å²) in [6, 6.07) is 4.45. The fraction of sp³-hybridized carbons (Fsp3) is 0.200. The highest BCUT2D eigenvalue weighted by Gasteiger charge is 2.33. The molecule has 0 spiro atoms. The van der Waals surface area contributed by atoms with Gasteiger partial charge in [0, 0.05) is 5.69 Å². The molecule has 0 heterocycles. The maximum atomic E-state index is 12.6. The average Bonchev–Trinajstić information content (AvgIpc) is 2.27. The highest BCUT2D eigenvalue weighted by molar-refractivity contribution is 9.09. The van der Waals surface area contributed by atoms with E-state index in [0.717, 1.165) is 12.1 Å². The lowest BCUT2D eigenvalue weighted by Crippen LogP contribution is -2.14. The zero-order valence-electron chi connectivity index (χ0n) is 8.31. The van der Waals surface area contributed by atoms with Crippen molar-refractivity contribution >= 4 is 27.5 Å². The van der Waals surface area contributed by atoms with Crippen LogP contribution in [0.4, 0.5) is 18.9 Å². The van der Waals surface area contributed by atoms with Crippen LogP contribution in [0.1, 0.15) is 11.1 Å². The molecule has 0 radical (unpaired) electrons. The molecule has 7 heteroatoms. The third-order valence-corrected chi connectivity index (χ3v) is 2.36. The quantitative estimate of drug-likeness (QED) is 0.854. The van der Waals surface area contributed by atoms with Crippen LogP contribution in [0.2, 0.25) is 0 Å². The number of amides is 1. The van der Waals surface area contributed by atoms with E-state index in [0.29, 0.717) is 0 Å². The summed E-state index contributed by atoms with van der Waals surface area (Å²) in [6.45, 7) is 0. The molecule has 0 bridgehead atoms. The van der Waals surface area contributed by atoms with E-state index >= 15 is 0 Å². The topological polar surface area (TPSA) is 52.9 Å². The first kappa shape index (κ1) is 13.5. The van der Waals surface area contributed by atoms with Crippen molar-refractivity contribution in [3.63, 3.8) is 0 Å². The first-order chi connectivity index (χ1) is 7.88. The first-order valence-electron chi connectivity index (χ1n) is 4.35. The van der Waals surface area contributed by atoms with E-state index in [4.69, 9.17) is 5.26 Å². The largest absolute Gasteiger partial charge is 0.417 e. The van der Waals surface area contributed by atoms with E-state index in [1.807, 2.05) is 0 Å². The van der Waals surface area contributed by atoms with Crippen LogP contribution in [-0.2, 0) is 11.0 Å². The third-order valence-electron chi connectivity index (χ3n) is 1.85. The van der Waals surface area contributed by atoms with Crippen LogP contribution in [0.25, 0.3) is 0 Å². The molecule has 0 fully saturated rings. The first-order valence-corrected chi connectivity index (χ1v) is 5.47. The van der Waals surface area contributed by atoms with Crippen molar-refractivity contribution in [2.75, 3.05) is 10.6 Å². The van der Waals surface area contributed by atoms with Crippen molar-refractivity contribution in [3.05, 3.63) is 29.3 Å². The normalized spacial score (nSPS) is 10.8. The molecule has 0 aliphatic carbocycles. The summed E-state index contributed by atoms with van der Waals surface area (Å²) in [7, 11) is 0. The third kappa shape index (κ3) is 3.46. The molecule has 0 aliphatic rings. The number of nitrogens with zero attached hydrogens (tertiary/aromatic N) is 1. The van der Waals surface area contributed by atoms with E-state index in [1.165, 1.54) is 12.1 Å². The highest BCUT2D eigenvalue weighted by Crippen LogP contribution is 2.33. The Labute approximate surface area is 103 Å². The van der Waals surface area contributed by atoms with Gasteiger partial charge >= 0.3 is 6.18 Å². The molecular formula is C10H6BrF3N2O. The summed E-state index contributed by atoms with van der Waals surface area (Å²) < 4.78 is 37.7. The molecule has 0 atom stereocenters. The van der Waals surface area contributed by atoms with Gasteiger partial charge in [-0.2, -0.15) is 18.4 Å². The van der Waals surface area contributed by atoms with Gasteiger partial charge in [-0.25, -0.2) is 0 Å². The zero-order valence-corrected chi connectivity index (χ0v) is 9.89. The minimum Gasteiger partial charge on any atom is -0.325 e. The van der Waals surface area contributed by atoms with E-state index in [-0.39, 0.29) is 11.0 Å². The van der Waals surface area contributed by atoms with Crippen molar-refractivity contribution in [1.82, 2.24) is 0 Å². The lowest BCUT2D eigenvalue weighted by atomic mass is 10.1. The van der Waals surface area contributed by atoms with E-state index < -0.39 is 23.2 Å². The zero-order chi connectivity index (χ0) is 13.1. The van der Waals surface area contributed by atoms with Gasteiger partial charge in [0.15, 0.2) is 0 Å². The van der Waals surface area contributed by atoms with Gasteiger partial charge in [-0.1, -0.05) is 15.9 Å². The van der Waals surface area contributed by atoms with Crippen LogP contribution < -0.4 is 5.32 Å². The van der Waals surface area contributed by atoms with Gasteiger partial charge in [-0.3, -0.25) is 4.79 Å². The Morgan fingerprint density at radius 2 is 2.12 bits per heavy atom. The number of halogens is 4. The predicted molar refractivity (Wildman–Crippen MR) is 58.6 cm³/mol. The number of nitrogens with one attached hydrogen (secondary N) is 1. The summed E-state index contributed by atoms with van der Waals surface area (Å²) in [4.78, 5) is 11.0. The molecule has 0 saturated carbocycles. The minimum absolute atomic E-state index is 0.000718. The molecule has 3 nitrogen and oxygen atoms in total. The van der Waals surface area contributed by atoms with Crippen molar-refractivity contribution in [2.24, 2.45) is 0 Å². The second kappa shape index (κ2) is 5.19. The lowest BCUT2D eigenvalue weighted by Gasteiger charge is -2.11. The highest BCUT2D eigenvalue weighted by atomic mass is 79.9. The molecular weight excluding hydrogens is 301 g/mol. The maximum absolute atomic E-state index is 12.6. The van der Waals surface area contributed by atoms with Gasteiger partial charge in [0.1, 0.15) is 0 Å². The molecule has 17 heavy (non-hydrogen) atoms. The Balaban J connectivity index is 3.15. The Morgan fingerprint density at radius 1 is 1.47 bits per heavy atom. The molecule has 0 aliphatic heterocycles. The molecule has 1 aromatic carbocycles. The molecule has 1 rings (SSSR count). The van der Waals surface area contributed by atoms with E-state index in [2.05, 4.69) is 21.2 Å². The van der Waals surface area contributed by atoms with Gasteiger partial charge in [-0.15, -0.1) is 0 Å². The van der Waals surface area contributed by atoms with Gasteiger partial charge in [0.25, 0.3) is 0 Å². The molecule has 0 saturated heterocycles. The summed E-state index contributed by atoms with van der Waals surface area (Å²) in [5.74, 6) is -0.470. The average molecular weight is 307 g/mol. The summed E-state index contributed by atoms with van der Waals surface area (Å²) in [5.41, 5.74) is -1.54. The summed E-state index contributed by atoms with van der Waals surface area (Å²) in [6.07, 6.45) is -4.62. The van der Waals surface area contributed by atoms with Crippen molar-refractivity contribution in [2.45, 2.75) is 6.18 Å². The molecule has 1 amide bonds. The number of rotatable bonds is 2. The van der Waals surface area contributed by atoms with E-state index in [1.54, 1.807) is 0 Å². The van der Waals surface area contributed by atoms with Gasteiger partial charge in [0.05, 0.1) is 22.5 Å². The maximum Gasteiger partial charge on any atom is 0.417 e. The summed E-state index contributed by atoms with van der Waals surface area (Å²) in [5, 5.41) is 10.8. The van der Waals surface area contributed by atoms with Crippen LogP contribution in [0.5, 0.6) is 0 Å². The number of anilines is 1. The standard InChI is InChI=1S/C10H6BrF3N2O/c11-4-9(17)16-7-2-1-6(5-15)8(3-7)10(12,13)14/h1-3H,4H2,(H,16,17). The van der Waals surface area contributed by atoms with Crippen molar-refractivity contribution in [1.29, 1.82) is 5.26 Å². The van der Waals surface area contributed by atoms with Crippen LogP contribution in [-0.4, -0.2) is 11.2 Å². The fourth-order valence-electron chi connectivity index (χ4n) is 1.15. The number of hydrogen-bond donors (Lipinski definition) is 1. The molecule has 0 unspecified atom stereocenters. The number of carbonyl (C=O) groups excluding carboxylic acids is 1. The predicted octanol–water partition coefficient (Wildman–Crippen LogP) is 2.91. The van der Waals surface area contributed by atoms with Crippen molar-refractivity contribution < 1.29 is 18.0 Å². The van der Waals surface area contributed by atoms with Crippen molar-refractivity contribution in [3.8, 4) is 6.07 Å². The van der Waals surface area contributed by atoms with Gasteiger partial charge in [-0.05, 0) is 18.2 Å². The SMILES string of the molecule is N#Cc1ccc(NC(=O)CBr)cc1C(F)(F)F. The van der Waals surface area contributed by atoms with Crippen LogP contribution in [0.3, 0.4) is 0 Å². The Bertz CT molecular complexity index is 479. The van der Waals surface area contributed by atoms with Crippen LogP contribution >= 0.6 is 15.9 Å².